The number of hydrogen-bond donors (Lipinski definition) is 1. The Balaban J connectivity index is 1.95. The molecule has 0 radical (unpaired) electrons. The molecule has 2 aromatic heterocycles. The number of nitrogens with zero attached hydrogens (tertiary/aromatic N) is 3. The Morgan fingerprint density at radius 3 is 2.52 bits per heavy atom. The number of rotatable bonds is 5. The van der Waals surface area contributed by atoms with Gasteiger partial charge in [-0.1, -0.05) is 6.07 Å². The zero-order valence-corrected chi connectivity index (χ0v) is 12.3. The molecule has 0 fully saturated rings. The van der Waals surface area contributed by atoms with E-state index < -0.39 is 0 Å². The van der Waals surface area contributed by atoms with Crippen molar-refractivity contribution in [1.82, 2.24) is 14.9 Å². The van der Waals surface area contributed by atoms with Crippen molar-refractivity contribution in [2.24, 2.45) is 0 Å². The van der Waals surface area contributed by atoms with Crippen LogP contribution in [0.1, 0.15) is 15.9 Å². The molecule has 2 aromatic rings. The predicted octanol–water partition coefficient (Wildman–Crippen LogP) is 1.80. The number of methoxy groups -OCH3 is 1. The largest absolute Gasteiger partial charge is 0.481 e. The molecule has 1 N–H and O–H groups in total. The van der Waals surface area contributed by atoms with Crippen LogP contribution in [0.4, 0.5) is 5.82 Å². The van der Waals surface area contributed by atoms with E-state index in [1.807, 2.05) is 12.1 Å². The van der Waals surface area contributed by atoms with Crippen LogP contribution in [0.2, 0.25) is 0 Å². The van der Waals surface area contributed by atoms with E-state index in [4.69, 9.17) is 4.74 Å². The molecule has 21 heavy (non-hydrogen) atoms. The maximum Gasteiger partial charge on any atom is 0.254 e. The van der Waals surface area contributed by atoms with Gasteiger partial charge in [-0.15, -0.1) is 0 Å². The molecule has 0 spiro atoms. The monoisotopic (exact) mass is 286 g/mol. The number of aromatic nitrogens is 2. The third kappa shape index (κ3) is 3.92. The van der Waals surface area contributed by atoms with E-state index in [1.165, 1.54) is 4.90 Å². The molecule has 6 heteroatoms. The summed E-state index contributed by atoms with van der Waals surface area (Å²) < 4.78 is 5.01. The average Bonchev–Trinajstić information content (AvgIpc) is 2.53. The molecule has 0 aliphatic carbocycles. The fourth-order valence-electron chi connectivity index (χ4n) is 1.71. The second kappa shape index (κ2) is 6.69. The molecule has 0 aliphatic heterocycles. The van der Waals surface area contributed by atoms with Crippen molar-refractivity contribution in [2.45, 2.75) is 6.54 Å². The Labute approximate surface area is 123 Å². The minimum atomic E-state index is -0.0617. The zero-order valence-electron chi connectivity index (χ0n) is 12.3. The first-order chi connectivity index (χ1) is 10.1. The summed E-state index contributed by atoms with van der Waals surface area (Å²) in [4.78, 5) is 21.6. The Bertz CT molecular complexity index is 594. The summed E-state index contributed by atoms with van der Waals surface area (Å²) in [5, 5.41) is 3.18. The standard InChI is InChI=1S/C15H18N4O2/c1-19(2)15(20)12-5-6-13(17-10-12)16-8-11-4-7-14(21-3)18-9-11/h4-7,9-10H,8H2,1-3H3,(H,16,17). The molecule has 0 bridgehead atoms. The number of hydrogen-bond acceptors (Lipinski definition) is 5. The molecule has 0 saturated heterocycles. The quantitative estimate of drug-likeness (QED) is 0.907. The Morgan fingerprint density at radius 1 is 1.19 bits per heavy atom. The van der Waals surface area contributed by atoms with Gasteiger partial charge in [0.05, 0.1) is 12.7 Å². The summed E-state index contributed by atoms with van der Waals surface area (Å²) in [6, 6.07) is 7.28. The summed E-state index contributed by atoms with van der Waals surface area (Å²) >= 11 is 0. The first kappa shape index (κ1) is 14.8. The van der Waals surface area contributed by atoms with Crippen LogP contribution in [0.5, 0.6) is 5.88 Å². The van der Waals surface area contributed by atoms with Gasteiger partial charge >= 0.3 is 0 Å². The first-order valence-electron chi connectivity index (χ1n) is 6.50. The molecule has 2 heterocycles. The van der Waals surface area contributed by atoms with Crippen LogP contribution >= 0.6 is 0 Å². The van der Waals surface area contributed by atoms with E-state index in [2.05, 4.69) is 15.3 Å². The number of carbonyl (C=O) groups is 1. The van der Waals surface area contributed by atoms with Crippen molar-refractivity contribution in [1.29, 1.82) is 0 Å². The highest BCUT2D eigenvalue weighted by Gasteiger charge is 2.07. The molecule has 0 aliphatic rings. The topological polar surface area (TPSA) is 67.3 Å². The molecule has 0 saturated carbocycles. The van der Waals surface area contributed by atoms with Gasteiger partial charge in [-0.25, -0.2) is 9.97 Å². The van der Waals surface area contributed by atoms with E-state index in [1.54, 1.807) is 45.7 Å². The molecule has 0 unspecified atom stereocenters. The third-order valence-corrected chi connectivity index (χ3v) is 2.90. The van der Waals surface area contributed by atoms with E-state index in [0.717, 1.165) is 5.56 Å². The smallest absolute Gasteiger partial charge is 0.254 e. The maximum atomic E-state index is 11.7. The molecule has 0 aromatic carbocycles. The minimum Gasteiger partial charge on any atom is -0.481 e. The van der Waals surface area contributed by atoms with Crippen molar-refractivity contribution < 1.29 is 9.53 Å². The molecule has 110 valence electrons. The van der Waals surface area contributed by atoms with Crippen LogP contribution in [0.3, 0.4) is 0 Å². The van der Waals surface area contributed by atoms with E-state index in [-0.39, 0.29) is 5.91 Å². The molecular weight excluding hydrogens is 268 g/mol. The van der Waals surface area contributed by atoms with Crippen molar-refractivity contribution in [3.63, 3.8) is 0 Å². The van der Waals surface area contributed by atoms with Gasteiger partial charge in [-0.05, 0) is 17.7 Å². The van der Waals surface area contributed by atoms with Crippen molar-refractivity contribution >= 4 is 11.7 Å². The van der Waals surface area contributed by atoms with Crippen molar-refractivity contribution in [3.05, 3.63) is 47.8 Å². The first-order valence-corrected chi connectivity index (χ1v) is 6.50. The van der Waals surface area contributed by atoms with Gasteiger partial charge in [-0.2, -0.15) is 0 Å². The van der Waals surface area contributed by atoms with Crippen LogP contribution < -0.4 is 10.1 Å². The highest BCUT2D eigenvalue weighted by Crippen LogP contribution is 2.10. The number of ether oxygens (including phenoxy) is 1. The van der Waals surface area contributed by atoms with Gasteiger partial charge < -0.3 is 15.0 Å². The van der Waals surface area contributed by atoms with Gasteiger partial charge in [0, 0.05) is 39.1 Å². The summed E-state index contributed by atoms with van der Waals surface area (Å²) in [5.41, 5.74) is 1.59. The second-order valence-corrected chi connectivity index (χ2v) is 4.69. The number of anilines is 1. The Hall–Kier alpha value is -2.63. The normalized spacial score (nSPS) is 10.0. The van der Waals surface area contributed by atoms with Gasteiger partial charge in [-0.3, -0.25) is 4.79 Å². The summed E-state index contributed by atoms with van der Waals surface area (Å²) in [6.45, 7) is 0.602. The van der Waals surface area contributed by atoms with E-state index >= 15 is 0 Å². The van der Waals surface area contributed by atoms with Crippen LogP contribution in [-0.2, 0) is 6.54 Å². The lowest BCUT2D eigenvalue weighted by molar-refractivity contribution is 0.0827. The summed E-state index contributed by atoms with van der Waals surface area (Å²) in [5.74, 6) is 1.23. The Kier molecular flexibility index (Phi) is 4.71. The van der Waals surface area contributed by atoms with E-state index in [9.17, 15) is 4.79 Å². The van der Waals surface area contributed by atoms with Crippen molar-refractivity contribution in [2.75, 3.05) is 26.5 Å². The maximum absolute atomic E-state index is 11.7. The van der Waals surface area contributed by atoms with Gasteiger partial charge in [0.15, 0.2) is 0 Å². The summed E-state index contributed by atoms with van der Waals surface area (Å²) in [6.07, 6.45) is 3.31. The number of pyridine rings is 2. The highest BCUT2D eigenvalue weighted by molar-refractivity contribution is 5.93. The fourth-order valence-corrected chi connectivity index (χ4v) is 1.71. The van der Waals surface area contributed by atoms with Crippen LogP contribution in [-0.4, -0.2) is 42.0 Å². The van der Waals surface area contributed by atoms with Crippen molar-refractivity contribution in [3.8, 4) is 5.88 Å². The zero-order chi connectivity index (χ0) is 15.2. The minimum absolute atomic E-state index is 0.0617. The van der Waals surface area contributed by atoms with Crippen LogP contribution in [0, 0.1) is 0 Å². The van der Waals surface area contributed by atoms with Gasteiger partial charge in [0.1, 0.15) is 5.82 Å². The molecular formula is C15H18N4O2. The number of carbonyl (C=O) groups excluding carboxylic acids is 1. The van der Waals surface area contributed by atoms with Crippen LogP contribution in [0.25, 0.3) is 0 Å². The summed E-state index contributed by atoms with van der Waals surface area (Å²) in [7, 11) is 5.01. The van der Waals surface area contributed by atoms with Gasteiger partial charge in [0.2, 0.25) is 5.88 Å². The predicted molar refractivity (Wildman–Crippen MR) is 80.4 cm³/mol. The SMILES string of the molecule is COc1ccc(CNc2ccc(C(=O)N(C)C)cn2)cn1. The average molecular weight is 286 g/mol. The number of nitrogens with one attached hydrogen (secondary N) is 1. The molecule has 0 atom stereocenters. The van der Waals surface area contributed by atoms with Gasteiger partial charge in [0.25, 0.3) is 5.91 Å². The molecule has 1 amide bonds. The highest BCUT2D eigenvalue weighted by atomic mass is 16.5. The lowest BCUT2D eigenvalue weighted by Crippen LogP contribution is -2.21. The second-order valence-electron chi connectivity index (χ2n) is 4.69. The molecule has 6 nitrogen and oxygen atoms in total. The molecule has 2 rings (SSSR count). The number of amides is 1. The fraction of sp³-hybridized carbons (Fsp3) is 0.267. The van der Waals surface area contributed by atoms with E-state index in [0.29, 0.717) is 23.8 Å². The lowest BCUT2D eigenvalue weighted by atomic mass is 10.2. The Morgan fingerprint density at radius 2 is 2.00 bits per heavy atom. The lowest BCUT2D eigenvalue weighted by Gasteiger charge is -2.10. The third-order valence-electron chi connectivity index (χ3n) is 2.90. The van der Waals surface area contributed by atoms with Crippen LogP contribution in [0.15, 0.2) is 36.7 Å².